The van der Waals surface area contributed by atoms with Crippen molar-refractivity contribution in [3.8, 4) is 0 Å². The van der Waals surface area contributed by atoms with E-state index in [1.165, 1.54) is 25.9 Å². The van der Waals surface area contributed by atoms with E-state index in [0.717, 1.165) is 6.42 Å². The van der Waals surface area contributed by atoms with Crippen molar-refractivity contribution in [2.24, 2.45) is 0 Å². The van der Waals surface area contributed by atoms with Crippen LogP contribution in [0.5, 0.6) is 0 Å². The Morgan fingerprint density at radius 1 is 0.815 bits per heavy atom. The summed E-state index contributed by atoms with van der Waals surface area (Å²) in [5.74, 6) is 0. The van der Waals surface area contributed by atoms with Crippen molar-refractivity contribution in [3.63, 3.8) is 0 Å². The predicted octanol–water partition coefficient (Wildman–Crippen LogP) is 5.89. The molecule has 0 saturated heterocycles. The molecule has 0 amide bonds. The molecule has 0 nitrogen and oxygen atoms in total. The topological polar surface area (TPSA) is 0 Å². The predicted molar refractivity (Wildman–Crippen MR) is 120 cm³/mol. The van der Waals surface area contributed by atoms with Crippen molar-refractivity contribution in [2.45, 2.75) is 13.3 Å². The first-order chi connectivity index (χ1) is 12.8. The van der Waals surface area contributed by atoms with Crippen LogP contribution in [0.3, 0.4) is 0 Å². The molecule has 0 aromatic heterocycles. The molecule has 0 aliphatic rings. The maximum absolute atomic E-state index is 3.82. The van der Waals surface area contributed by atoms with Gasteiger partial charge in [0, 0.05) is 0 Å². The summed E-state index contributed by atoms with van der Waals surface area (Å²) < 4.78 is 1.28. The van der Waals surface area contributed by atoms with E-state index in [2.05, 4.69) is 95.7 Å². The maximum atomic E-state index is 3.82. The number of benzene rings is 2. The van der Waals surface area contributed by atoms with Crippen LogP contribution in [0, 0.1) is 0 Å². The van der Waals surface area contributed by atoms with Crippen molar-refractivity contribution in [1.29, 1.82) is 0 Å². The summed E-state index contributed by atoms with van der Waals surface area (Å²) in [6.45, 7) is 2.21. The fraction of sp³-hybridized carbons (Fsp3) is 0.0833. The monoisotopic (exact) mass is 476 g/mol. The fourth-order valence-corrected chi connectivity index (χ4v) is 6.27. The van der Waals surface area contributed by atoms with E-state index in [1.54, 1.807) is 0 Å². The van der Waals surface area contributed by atoms with Crippen LogP contribution < -0.4 is 15.9 Å². The normalized spacial score (nSPS) is 10.0. The Labute approximate surface area is 182 Å². The molecule has 27 heavy (non-hydrogen) atoms. The summed E-state index contributed by atoms with van der Waals surface area (Å²) >= 11 is 3.82. The molecule has 0 bridgehead atoms. The summed E-state index contributed by atoms with van der Waals surface area (Å²) in [5, 5.41) is 4.21. The molecule has 0 unspecified atom stereocenters. The number of hydrogen-bond donors (Lipinski definition) is 0. The molecular formula is C24H22BrFeP. The van der Waals surface area contributed by atoms with Crippen molar-refractivity contribution in [3.05, 3.63) is 113 Å². The Hall–Kier alpha value is -1.43. The molecule has 0 spiro atoms. The smallest absolute Gasteiger partial charge is 0.214 e. The third kappa shape index (κ3) is 5.77. The molecular weight excluding hydrogens is 455 g/mol. The van der Waals surface area contributed by atoms with Crippen molar-refractivity contribution in [1.82, 2.24) is 0 Å². The zero-order valence-corrected chi connectivity index (χ0v) is 18.8. The third-order valence-electron chi connectivity index (χ3n) is 4.16. The molecule has 0 N–H and O–H groups in total. The van der Waals surface area contributed by atoms with Gasteiger partial charge in [0.15, 0.2) is 0 Å². The molecule has 4 rings (SSSR count). The van der Waals surface area contributed by atoms with Crippen LogP contribution >= 0.6 is 23.9 Å². The van der Waals surface area contributed by atoms with Gasteiger partial charge in [-0.1, -0.05) is 102 Å². The van der Waals surface area contributed by atoms with Gasteiger partial charge in [0.2, 0.25) is 0 Å². The zero-order valence-electron chi connectivity index (χ0n) is 15.2. The van der Waals surface area contributed by atoms with E-state index in [-0.39, 0.29) is 17.1 Å². The molecule has 0 fully saturated rings. The Kier molecular flexibility index (Phi) is 9.25. The first-order valence-corrected chi connectivity index (χ1v) is 11.0. The van der Waals surface area contributed by atoms with Crippen LogP contribution in [0.15, 0.2) is 108 Å². The first-order valence-electron chi connectivity index (χ1n) is 8.82. The molecule has 0 aliphatic heterocycles. The number of hydrogen-bond acceptors (Lipinski definition) is 0. The minimum Gasteiger partial charge on any atom is -0.214 e. The molecule has 3 heteroatoms. The second-order valence-corrected chi connectivity index (χ2v) is 8.86. The van der Waals surface area contributed by atoms with Gasteiger partial charge in [-0.25, -0.2) is 18.2 Å². The van der Waals surface area contributed by atoms with Crippen molar-refractivity contribution in [2.75, 3.05) is 0 Å². The van der Waals surface area contributed by atoms with Gasteiger partial charge in [0.1, 0.15) is 0 Å². The molecule has 0 atom stereocenters. The van der Waals surface area contributed by atoms with E-state index in [0.29, 0.717) is 0 Å². The van der Waals surface area contributed by atoms with Gasteiger partial charge >= 0.3 is 17.1 Å². The zero-order chi connectivity index (χ0) is 18.2. The molecule has 138 valence electrons. The van der Waals surface area contributed by atoms with Gasteiger partial charge in [-0.2, -0.15) is 29.8 Å². The van der Waals surface area contributed by atoms with Gasteiger partial charge in [0.05, 0.1) is 0 Å². The van der Waals surface area contributed by atoms with Gasteiger partial charge in [-0.3, -0.25) is 0 Å². The quantitative estimate of drug-likeness (QED) is 0.195. The second kappa shape index (κ2) is 11.4. The minimum absolute atomic E-state index is 0. The SMILES string of the molecule is CCc1cc[c-](P(c2ccccc2)c2ccccc2)c1Br.[Fe+2].c1cc[cH-]c1. The third-order valence-corrected chi connectivity index (χ3v) is 7.88. The van der Waals surface area contributed by atoms with E-state index < -0.39 is 7.92 Å². The minimum atomic E-state index is -0.499. The molecule has 0 radical (unpaired) electrons. The Bertz CT molecular complexity index is 826. The Morgan fingerprint density at radius 3 is 1.70 bits per heavy atom. The largest absolute Gasteiger partial charge is 2.00 e. The van der Waals surface area contributed by atoms with Gasteiger partial charge in [-0.15, -0.1) is 5.30 Å². The molecule has 0 aliphatic carbocycles. The van der Waals surface area contributed by atoms with Gasteiger partial charge < -0.3 is 0 Å². The van der Waals surface area contributed by atoms with Crippen LogP contribution in [-0.4, -0.2) is 0 Å². The molecule has 4 aromatic carbocycles. The fourth-order valence-electron chi connectivity index (χ4n) is 2.84. The number of rotatable bonds is 4. The summed E-state index contributed by atoms with van der Waals surface area (Å²) in [6, 6.07) is 36.2. The van der Waals surface area contributed by atoms with E-state index in [4.69, 9.17) is 0 Å². The number of halogens is 1. The average Bonchev–Trinajstić information content (AvgIpc) is 3.38. The van der Waals surface area contributed by atoms with Crippen molar-refractivity contribution >= 4 is 39.8 Å². The summed E-state index contributed by atoms with van der Waals surface area (Å²) in [5.41, 5.74) is 1.39. The van der Waals surface area contributed by atoms with Gasteiger partial charge in [0.25, 0.3) is 0 Å². The summed E-state index contributed by atoms with van der Waals surface area (Å²) in [4.78, 5) is 0. The second-order valence-electron chi connectivity index (χ2n) is 5.88. The molecule has 0 saturated carbocycles. The molecule has 4 aromatic rings. The summed E-state index contributed by atoms with van der Waals surface area (Å²) in [7, 11) is -0.499. The van der Waals surface area contributed by atoms with Crippen LogP contribution in [-0.2, 0) is 23.5 Å². The summed E-state index contributed by atoms with van der Waals surface area (Å²) in [6.07, 6.45) is 1.06. The average molecular weight is 477 g/mol. The van der Waals surface area contributed by atoms with E-state index in [1.807, 2.05) is 30.3 Å². The Morgan fingerprint density at radius 2 is 1.33 bits per heavy atom. The van der Waals surface area contributed by atoms with Crippen LogP contribution in [0.1, 0.15) is 12.5 Å². The van der Waals surface area contributed by atoms with E-state index >= 15 is 0 Å². The van der Waals surface area contributed by atoms with Crippen molar-refractivity contribution < 1.29 is 17.1 Å². The standard InChI is InChI=1S/C19H17BrP.C5H5.Fe/c1-2-15-13-14-18(19(15)20)21(16-9-5-3-6-10-16)17-11-7-4-8-12-17;1-2-4-5-3-1;/h3-14H,2H2,1H3;1-5H;/q2*-1;+2. The van der Waals surface area contributed by atoms with Crippen LogP contribution in [0.4, 0.5) is 0 Å². The maximum Gasteiger partial charge on any atom is 2.00 e. The Balaban J connectivity index is 0.000000379. The van der Waals surface area contributed by atoms with Gasteiger partial charge in [-0.05, 0) is 10.6 Å². The van der Waals surface area contributed by atoms with Crippen LogP contribution in [0.25, 0.3) is 0 Å². The number of aryl methyl sites for hydroxylation is 1. The van der Waals surface area contributed by atoms with Crippen LogP contribution in [0.2, 0.25) is 0 Å². The van der Waals surface area contributed by atoms with E-state index in [9.17, 15) is 0 Å². The first kappa shape index (κ1) is 21.9. The molecule has 0 heterocycles.